The van der Waals surface area contributed by atoms with E-state index in [0.717, 1.165) is 5.56 Å². The summed E-state index contributed by atoms with van der Waals surface area (Å²) < 4.78 is 7.52. The number of rotatable bonds is 6. The SMILES string of the molecule is O=C(Nc1ccnn1Cc1ccccc1)c1cccnc1Oc1ccccc1. The molecule has 2 aromatic heterocycles. The lowest BCUT2D eigenvalue weighted by molar-refractivity contribution is 0.102. The summed E-state index contributed by atoms with van der Waals surface area (Å²) >= 11 is 0. The lowest BCUT2D eigenvalue weighted by Gasteiger charge is -2.12. The third kappa shape index (κ3) is 4.07. The predicted molar refractivity (Wildman–Crippen MR) is 106 cm³/mol. The van der Waals surface area contributed by atoms with Crippen molar-refractivity contribution in [2.45, 2.75) is 6.54 Å². The van der Waals surface area contributed by atoms with Gasteiger partial charge in [0.05, 0.1) is 12.7 Å². The van der Waals surface area contributed by atoms with Crippen LogP contribution in [0.25, 0.3) is 0 Å². The van der Waals surface area contributed by atoms with Gasteiger partial charge in [-0.15, -0.1) is 0 Å². The second kappa shape index (κ2) is 8.18. The molecule has 0 saturated carbocycles. The molecule has 2 aromatic carbocycles. The molecule has 0 aliphatic heterocycles. The highest BCUT2D eigenvalue weighted by Gasteiger charge is 2.16. The van der Waals surface area contributed by atoms with E-state index in [4.69, 9.17) is 4.74 Å². The molecule has 4 aromatic rings. The number of pyridine rings is 1. The summed E-state index contributed by atoms with van der Waals surface area (Å²) in [7, 11) is 0. The number of carbonyl (C=O) groups is 1. The summed E-state index contributed by atoms with van der Waals surface area (Å²) in [5.41, 5.74) is 1.44. The lowest BCUT2D eigenvalue weighted by Crippen LogP contribution is -2.17. The minimum absolute atomic E-state index is 0.250. The molecular formula is C22H18N4O2. The first-order chi connectivity index (χ1) is 13.8. The van der Waals surface area contributed by atoms with E-state index in [9.17, 15) is 4.79 Å². The van der Waals surface area contributed by atoms with E-state index in [1.807, 2.05) is 60.7 Å². The van der Waals surface area contributed by atoms with Crippen molar-refractivity contribution >= 4 is 11.7 Å². The highest BCUT2D eigenvalue weighted by molar-refractivity contribution is 6.05. The van der Waals surface area contributed by atoms with Gasteiger partial charge in [-0.2, -0.15) is 5.10 Å². The molecule has 0 radical (unpaired) electrons. The first kappa shape index (κ1) is 17.5. The Morgan fingerprint density at radius 2 is 1.64 bits per heavy atom. The number of aromatic nitrogens is 3. The second-order valence-corrected chi connectivity index (χ2v) is 6.09. The van der Waals surface area contributed by atoms with E-state index in [1.54, 1.807) is 35.3 Å². The molecule has 0 aliphatic carbocycles. The van der Waals surface area contributed by atoms with Crippen LogP contribution in [0.5, 0.6) is 11.6 Å². The number of ether oxygens (including phenoxy) is 1. The van der Waals surface area contributed by atoms with Crippen molar-refractivity contribution in [3.63, 3.8) is 0 Å². The smallest absolute Gasteiger partial charge is 0.262 e. The molecular weight excluding hydrogens is 352 g/mol. The van der Waals surface area contributed by atoms with Crippen LogP contribution in [0.2, 0.25) is 0 Å². The van der Waals surface area contributed by atoms with Gasteiger partial charge in [-0.3, -0.25) is 4.79 Å². The van der Waals surface area contributed by atoms with Crippen LogP contribution in [0, 0.1) is 0 Å². The molecule has 0 bridgehead atoms. The van der Waals surface area contributed by atoms with Crippen molar-refractivity contribution in [3.8, 4) is 11.6 Å². The molecule has 6 heteroatoms. The maximum atomic E-state index is 12.9. The number of para-hydroxylation sites is 1. The summed E-state index contributed by atoms with van der Waals surface area (Å²) in [4.78, 5) is 17.1. The molecule has 0 saturated heterocycles. The minimum atomic E-state index is -0.311. The molecule has 0 spiro atoms. The van der Waals surface area contributed by atoms with Gasteiger partial charge < -0.3 is 10.1 Å². The fraction of sp³-hybridized carbons (Fsp3) is 0.0455. The topological polar surface area (TPSA) is 69.0 Å². The van der Waals surface area contributed by atoms with Crippen molar-refractivity contribution in [2.24, 2.45) is 0 Å². The Labute approximate surface area is 162 Å². The average molecular weight is 370 g/mol. The molecule has 6 nitrogen and oxygen atoms in total. The quantitative estimate of drug-likeness (QED) is 0.547. The van der Waals surface area contributed by atoms with E-state index >= 15 is 0 Å². The number of amides is 1. The van der Waals surface area contributed by atoms with E-state index in [2.05, 4.69) is 15.4 Å². The normalized spacial score (nSPS) is 10.4. The van der Waals surface area contributed by atoms with Gasteiger partial charge in [0.15, 0.2) is 0 Å². The third-order valence-electron chi connectivity index (χ3n) is 4.11. The van der Waals surface area contributed by atoms with Gasteiger partial charge in [0.25, 0.3) is 5.91 Å². The van der Waals surface area contributed by atoms with Gasteiger partial charge in [0.2, 0.25) is 5.88 Å². The number of hydrogen-bond donors (Lipinski definition) is 1. The maximum absolute atomic E-state index is 12.9. The van der Waals surface area contributed by atoms with Crippen LogP contribution in [0.3, 0.4) is 0 Å². The fourth-order valence-corrected chi connectivity index (χ4v) is 2.75. The van der Waals surface area contributed by atoms with Gasteiger partial charge in [0, 0.05) is 12.3 Å². The monoisotopic (exact) mass is 370 g/mol. The Balaban J connectivity index is 1.53. The van der Waals surface area contributed by atoms with Crippen molar-refractivity contribution in [1.82, 2.24) is 14.8 Å². The molecule has 1 N–H and O–H groups in total. The standard InChI is InChI=1S/C22H18N4O2/c27-21(19-12-7-14-23-22(19)28-18-10-5-2-6-11-18)25-20-13-15-24-26(20)16-17-8-3-1-4-9-17/h1-15H,16H2,(H,25,27). The number of nitrogens with zero attached hydrogens (tertiary/aromatic N) is 3. The second-order valence-electron chi connectivity index (χ2n) is 6.09. The Morgan fingerprint density at radius 1 is 0.893 bits per heavy atom. The Morgan fingerprint density at radius 3 is 2.43 bits per heavy atom. The van der Waals surface area contributed by atoms with Crippen LogP contribution < -0.4 is 10.1 Å². The highest BCUT2D eigenvalue weighted by atomic mass is 16.5. The molecule has 0 unspecified atom stereocenters. The maximum Gasteiger partial charge on any atom is 0.262 e. The van der Waals surface area contributed by atoms with Gasteiger partial charge in [-0.25, -0.2) is 9.67 Å². The average Bonchev–Trinajstić information content (AvgIpc) is 3.16. The molecule has 0 atom stereocenters. The molecule has 0 fully saturated rings. The number of hydrogen-bond acceptors (Lipinski definition) is 4. The Bertz CT molecular complexity index is 1060. The van der Waals surface area contributed by atoms with Gasteiger partial charge in [-0.1, -0.05) is 48.5 Å². The van der Waals surface area contributed by atoms with Gasteiger partial charge in [0.1, 0.15) is 17.1 Å². The largest absolute Gasteiger partial charge is 0.438 e. The summed E-state index contributed by atoms with van der Waals surface area (Å²) in [6.45, 7) is 0.559. The fourth-order valence-electron chi connectivity index (χ4n) is 2.75. The number of anilines is 1. The van der Waals surface area contributed by atoms with Crippen molar-refractivity contribution in [2.75, 3.05) is 5.32 Å². The Hall–Kier alpha value is -3.93. The van der Waals surface area contributed by atoms with E-state index in [0.29, 0.717) is 23.7 Å². The Kier molecular flexibility index (Phi) is 5.11. The van der Waals surface area contributed by atoms with Crippen LogP contribution in [0.1, 0.15) is 15.9 Å². The molecule has 138 valence electrons. The van der Waals surface area contributed by atoms with Crippen molar-refractivity contribution in [3.05, 3.63) is 102 Å². The third-order valence-corrected chi connectivity index (χ3v) is 4.11. The summed E-state index contributed by atoms with van der Waals surface area (Å²) in [5.74, 6) is 1.15. The highest BCUT2D eigenvalue weighted by Crippen LogP contribution is 2.23. The molecule has 1 amide bonds. The minimum Gasteiger partial charge on any atom is -0.438 e. The van der Waals surface area contributed by atoms with E-state index in [1.165, 1.54) is 0 Å². The number of nitrogens with one attached hydrogen (secondary N) is 1. The number of carbonyl (C=O) groups excluding carboxylic acids is 1. The summed E-state index contributed by atoms with van der Waals surface area (Å²) in [5, 5.41) is 7.20. The van der Waals surface area contributed by atoms with Crippen molar-refractivity contribution in [1.29, 1.82) is 0 Å². The predicted octanol–water partition coefficient (Wildman–Crippen LogP) is 4.37. The first-order valence-electron chi connectivity index (χ1n) is 8.84. The zero-order chi connectivity index (χ0) is 19.2. The van der Waals surface area contributed by atoms with E-state index in [-0.39, 0.29) is 11.8 Å². The lowest BCUT2D eigenvalue weighted by atomic mass is 10.2. The van der Waals surface area contributed by atoms with Crippen LogP contribution in [0.15, 0.2) is 91.3 Å². The molecule has 2 heterocycles. The number of benzene rings is 2. The van der Waals surface area contributed by atoms with Crippen molar-refractivity contribution < 1.29 is 9.53 Å². The zero-order valence-electron chi connectivity index (χ0n) is 15.0. The van der Waals surface area contributed by atoms with Crippen LogP contribution >= 0.6 is 0 Å². The van der Waals surface area contributed by atoms with Crippen LogP contribution in [-0.2, 0) is 6.54 Å². The van der Waals surface area contributed by atoms with Crippen LogP contribution in [-0.4, -0.2) is 20.7 Å². The molecule has 28 heavy (non-hydrogen) atoms. The molecule has 4 rings (SSSR count). The summed E-state index contributed by atoms with van der Waals surface area (Å²) in [6, 6.07) is 24.3. The molecule has 0 aliphatic rings. The zero-order valence-corrected chi connectivity index (χ0v) is 15.0. The van der Waals surface area contributed by atoms with Gasteiger partial charge >= 0.3 is 0 Å². The summed E-state index contributed by atoms with van der Waals surface area (Å²) in [6.07, 6.45) is 3.25. The first-order valence-corrected chi connectivity index (χ1v) is 8.84. The van der Waals surface area contributed by atoms with Gasteiger partial charge in [-0.05, 0) is 29.8 Å². The van der Waals surface area contributed by atoms with Crippen LogP contribution in [0.4, 0.5) is 5.82 Å². The van der Waals surface area contributed by atoms with E-state index < -0.39 is 0 Å².